The van der Waals surface area contributed by atoms with Gasteiger partial charge in [0.05, 0.1) is 11.3 Å². The number of aliphatic hydroxyl groups is 1. The summed E-state index contributed by atoms with van der Waals surface area (Å²) in [6, 6.07) is 2.92. The number of aliphatic hydroxyl groups excluding tert-OH is 1. The average Bonchev–Trinajstić information content (AvgIpc) is 2.93. The topological polar surface area (TPSA) is 67.5 Å². The summed E-state index contributed by atoms with van der Waals surface area (Å²) in [6.07, 6.45) is -3.66. The number of benzene rings is 1. The van der Waals surface area contributed by atoms with Crippen LogP contribution in [0.1, 0.15) is 12.5 Å². The molecule has 0 aliphatic rings. The maximum absolute atomic E-state index is 13.6. The van der Waals surface area contributed by atoms with Crippen LogP contribution < -0.4 is 10.6 Å². The van der Waals surface area contributed by atoms with E-state index in [1.54, 1.807) is 0 Å². The lowest BCUT2D eigenvalue weighted by Crippen LogP contribution is -2.29. The van der Waals surface area contributed by atoms with Gasteiger partial charge in [-0.2, -0.15) is 18.3 Å². The second kappa shape index (κ2) is 5.29. The van der Waals surface area contributed by atoms with Crippen LogP contribution in [-0.2, 0) is 6.18 Å². The first kappa shape index (κ1) is 15.9. The van der Waals surface area contributed by atoms with Gasteiger partial charge in [-0.15, -0.1) is 0 Å². The van der Waals surface area contributed by atoms with E-state index in [1.165, 1.54) is 6.92 Å². The third-order valence-electron chi connectivity index (χ3n) is 3.40. The van der Waals surface area contributed by atoms with E-state index in [4.69, 9.17) is 0 Å². The van der Waals surface area contributed by atoms with Gasteiger partial charge in [0.15, 0.2) is 11.1 Å². The van der Waals surface area contributed by atoms with Crippen molar-refractivity contribution in [2.45, 2.75) is 13.1 Å². The maximum Gasteiger partial charge on any atom is 0.416 e. The molecule has 0 atom stereocenters. The summed E-state index contributed by atoms with van der Waals surface area (Å²) in [5.41, 5.74) is -2.13. The molecule has 0 bridgehead atoms. The quantitative estimate of drug-likeness (QED) is 0.691. The number of hydrogen-bond acceptors (Lipinski definition) is 4. The summed E-state index contributed by atoms with van der Waals surface area (Å²) >= 11 is 0. The number of nitrogens with zero attached hydrogens (tertiary/aromatic N) is 3. The summed E-state index contributed by atoms with van der Waals surface area (Å²) < 4.78 is 53.3. The third-order valence-corrected chi connectivity index (χ3v) is 3.40. The molecule has 0 amide bonds. The molecular weight excluding hydrogens is 330 g/mol. The van der Waals surface area contributed by atoms with Crippen molar-refractivity contribution in [1.82, 2.24) is 14.6 Å². The normalized spacial score (nSPS) is 13.4. The van der Waals surface area contributed by atoms with Crippen LogP contribution in [0.5, 0.6) is 0 Å². The van der Waals surface area contributed by atoms with Gasteiger partial charge in [-0.25, -0.2) is 13.9 Å². The van der Waals surface area contributed by atoms with E-state index >= 15 is 0 Å². The van der Waals surface area contributed by atoms with E-state index in [9.17, 15) is 27.5 Å². The van der Waals surface area contributed by atoms with Gasteiger partial charge in [-0.3, -0.25) is 4.79 Å². The molecule has 3 aromatic rings. The second-order valence-electron chi connectivity index (χ2n) is 5.08. The summed E-state index contributed by atoms with van der Waals surface area (Å²) in [7, 11) is 0. The fourth-order valence-corrected chi connectivity index (χ4v) is 2.40. The van der Waals surface area contributed by atoms with E-state index in [0.717, 1.165) is 23.0 Å². The molecule has 0 unspecified atom stereocenters. The molecule has 124 valence electrons. The van der Waals surface area contributed by atoms with Crippen LogP contribution in [0.25, 0.3) is 22.7 Å². The Balaban J connectivity index is 2.39. The summed E-state index contributed by atoms with van der Waals surface area (Å²) in [4.78, 5) is 16.0. The van der Waals surface area contributed by atoms with Crippen LogP contribution in [0.4, 0.5) is 17.6 Å². The van der Waals surface area contributed by atoms with Crippen LogP contribution in [0.2, 0.25) is 0 Å². The molecule has 9 heteroatoms. The van der Waals surface area contributed by atoms with E-state index in [1.807, 2.05) is 0 Å². The van der Waals surface area contributed by atoms with Gasteiger partial charge >= 0.3 is 6.18 Å². The highest BCUT2D eigenvalue weighted by atomic mass is 19.4. The highest BCUT2D eigenvalue weighted by Crippen LogP contribution is 2.32. The van der Waals surface area contributed by atoms with Crippen LogP contribution >= 0.6 is 0 Å². The van der Waals surface area contributed by atoms with Crippen LogP contribution in [0.15, 0.2) is 35.4 Å². The van der Waals surface area contributed by atoms with Crippen molar-refractivity contribution < 1.29 is 22.7 Å². The first-order valence-corrected chi connectivity index (χ1v) is 6.63. The van der Waals surface area contributed by atoms with E-state index in [-0.39, 0.29) is 27.9 Å². The largest absolute Gasteiger partial charge is 0.512 e. The molecule has 3 rings (SSSR count). The zero-order chi connectivity index (χ0) is 17.6. The fraction of sp³-hybridized carbons (Fsp3) is 0.133. The molecule has 24 heavy (non-hydrogen) atoms. The molecule has 0 saturated heterocycles. The summed E-state index contributed by atoms with van der Waals surface area (Å²) in [6.45, 7) is 1.27. The minimum Gasteiger partial charge on any atom is -0.512 e. The van der Waals surface area contributed by atoms with Crippen LogP contribution in [-0.4, -0.2) is 19.7 Å². The number of alkyl halides is 3. The van der Waals surface area contributed by atoms with Gasteiger partial charge < -0.3 is 5.11 Å². The number of hydrogen-bond donors (Lipinski definition) is 1. The molecule has 0 aliphatic carbocycles. The average molecular weight is 339 g/mol. The Morgan fingerprint density at radius 2 is 1.92 bits per heavy atom. The predicted molar refractivity (Wildman–Crippen MR) is 76.6 cm³/mol. The van der Waals surface area contributed by atoms with Crippen LogP contribution in [0.3, 0.4) is 0 Å². The lowest BCUT2D eigenvalue weighted by atomic mass is 10.1. The van der Waals surface area contributed by atoms with E-state index in [0.29, 0.717) is 12.1 Å². The zero-order valence-corrected chi connectivity index (χ0v) is 12.1. The van der Waals surface area contributed by atoms with Gasteiger partial charge in [0, 0.05) is 11.6 Å². The van der Waals surface area contributed by atoms with Gasteiger partial charge in [0.1, 0.15) is 23.1 Å². The fourth-order valence-electron chi connectivity index (χ4n) is 2.40. The first-order chi connectivity index (χ1) is 11.2. The highest BCUT2D eigenvalue weighted by Gasteiger charge is 2.31. The van der Waals surface area contributed by atoms with Gasteiger partial charge in [0.2, 0.25) is 0 Å². The lowest BCUT2D eigenvalue weighted by molar-refractivity contribution is -0.137. The van der Waals surface area contributed by atoms with Crippen molar-refractivity contribution in [3.8, 4) is 11.3 Å². The lowest BCUT2D eigenvalue weighted by Gasteiger charge is -2.10. The molecule has 2 heterocycles. The smallest absolute Gasteiger partial charge is 0.416 e. The second-order valence-corrected chi connectivity index (χ2v) is 5.08. The SMILES string of the molecule is CC(O)=c1c(=O)cc(-c2cc(F)cc(C(F)(F)F)c2)n2ncnc12. The Labute approximate surface area is 131 Å². The molecule has 1 N–H and O–H groups in total. The third kappa shape index (κ3) is 2.57. The van der Waals surface area contributed by atoms with Crippen molar-refractivity contribution in [2.75, 3.05) is 0 Å². The van der Waals surface area contributed by atoms with Crippen molar-refractivity contribution >= 4 is 11.4 Å². The molecule has 2 aromatic heterocycles. The number of fused-ring (bicyclic) bond motifs is 1. The van der Waals surface area contributed by atoms with Crippen molar-refractivity contribution in [3.63, 3.8) is 0 Å². The van der Waals surface area contributed by atoms with Crippen molar-refractivity contribution in [1.29, 1.82) is 0 Å². The summed E-state index contributed by atoms with van der Waals surface area (Å²) in [5.74, 6) is -1.41. The van der Waals surface area contributed by atoms with E-state index < -0.39 is 23.0 Å². The first-order valence-electron chi connectivity index (χ1n) is 6.63. The predicted octanol–water partition coefficient (Wildman–Crippen LogP) is 2.32. The Hall–Kier alpha value is -2.97. The number of halogens is 4. The van der Waals surface area contributed by atoms with Crippen molar-refractivity contribution in [2.24, 2.45) is 0 Å². The molecular formula is C15H9F4N3O2. The van der Waals surface area contributed by atoms with Crippen LogP contribution in [0, 0.1) is 5.82 Å². The maximum atomic E-state index is 13.6. The minimum absolute atomic E-state index is 0.0321. The Morgan fingerprint density at radius 3 is 2.54 bits per heavy atom. The van der Waals surface area contributed by atoms with E-state index in [2.05, 4.69) is 10.1 Å². The Morgan fingerprint density at radius 1 is 1.21 bits per heavy atom. The molecule has 1 aromatic carbocycles. The van der Waals surface area contributed by atoms with Gasteiger partial charge in [-0.05, 0) is 25.1 Å². The molecule has 0 spiro atoms. The van der Waals surface area contributed by atoms with Crippen molar-refractivity contribution in [3.05, 3.63) is 57.4 Å². The number of aromatic nitrogens is 3. The Kier molecular flexibility index (Phi) is 3.51. The summed E-state index contributed by atoms with van der Waals surface area (Å²) in [5, 5.41) is 13.3. The zero-order valence-electron chi connectivity index (χ0n) is 12.1. The molecule has 5 nitrogen and oxygen atoms in total. The number of pyridine rings is 1. The molecule has 0 radical (unpaired) electrons. The monoisotopic (exact) mass is 339 g/mol. The minimum atomic E-state index is -4.74. The Bertz CT molecular complexity index is 1050. The molecule has 0 aliphatic heterocycles. The molecule has 0 saturated carbocycles. The number of rotatable bonds is 1. The van der Waals surface area contributed by atoms with Gasteiger partial charge in [-0.1, -0.05) is 0 Å². The molecule has 0 fully saturated rings. The van der Waals surface area contributed by atoms with Gasteiger partial charge in [0.25, 0.3) is 0 Å². The highest BCUT2D eigenvalue weighted by molar-refractivity contribution is 5.65. The standard InChI is InChI=1S/C15H9F4N3O2/c1-7(23)13-12(24)5-11(22-14(13)20-6-21-22)8-2-9(15(17,18)19)4-10(16)3-8/h2-6,23H,1H3.